The van der Waals surface area contributed by atoms with Gasteiger partial charge in [-0.25, -0.2) is 15.0 Å². The number of imidazole rings is 1. The van der Waals surface area contributed by atoms with Crippen LogP contribution in [-0.4, -0.2) is 39.2 Å². The average molecular weight is 233 g/mol. The third-order valence-electron chi connectivity index (χ3n) is 2.93. The maximum atomic E-state index is 5.56. The molecular formula is C11H15N5O. The van der Waals surface area contributed by atoms with Crippen molar-refractivity contribution in [2.45, 2.75) is 25.9 Å². The first-order valence-corrected chi connectivity index (χ1v) is 5.86. The fourth-order valence-corrected chi connectivity index (χ4v) is 2.09. The predicted molar refractivity (Wildman–Crippen MR) is 63.9 cm³/mol. The first-order valence-electron chi connectivity index (χ1n) is 5.86. The van der Waals surface area contributed by atoms with Crippen molar-refractivity contribution in [3.8, 4) is 0 Å². The van der Waals surface area contributed by atoms with E-state index in [1.807, 2.05) is 6.92 Å². The van der Waals surface area contributed by atoms with Crippen LogP contribution >= 0.6 is 0 Å². The second-order valence-corrected chi connectivity index (χ2v) is 4.26. The Kier molecular flexibility index (Phi) is 2.64. The molecule has 2 aromatic heterocycles. The van der Waals surface area contributed by atoms with E-state index in [1.165, 1.54) is 6.33 Å². The Morgan fingerprint density at radius 2 is 2.47 bits per heavy atom. The normalized spacial score (nSPS) is 19.9. The van der Waals surface area contributed by atoms with Crippen LogP contribution in [0.4, 0.5) is 5.82 Å². The van der Waals surface area contributed by atoms with Gasteiger partial charge in [-0.3, -0.25) is 0 Å². The molecule has 3 rings (SSSR count). The van der Waals surface area contributed by atoms with Gasteiger partial charge in [-0.1, -0.05) is 0 Å². The molecule has 1 aliphatic heterocycles. The Morgan fingerprint density at radius 1 is 1.53 bits per heavy atom. The lowest BCUT2D eigenvalue weighted by atomic mass is 10.2. The lowest BCUT2D eigenvalue weighted by molar-refractivity contribution is 0.120. The number of hydrogen-bond donors (Lipinski definition) is 2. The molecule has 6 nitrogen and oxygen atoms in total. The van der Waals surface area contributed by atoms with Gasteiger partial charge in [0.15, 0.2) is 11.5 Å². The molecule has 1 atom stereocenters. The van der Waals surface area contributed by atoms with E-state index in [9.17, 15) is 0 Å². The molecule has 0 saturated carbocycles. The molecule has 0 radical (unpaired) electrons. The Bertz CT molecular complexity index is 518. The smallest absolute Gasteiger partial charge is 0.183 e. The zero-order chi connectivity index (χ0) is 11.7. The van der Waals surface area contributed by atoms with E-state index in [-0.39, 0.29) is 0 Å². The summed E-state index contributed by atoms with van der Waals surface area (Å²) in [6.07, 6.45) is 4.09. The number of anilines is 1. The van der Waals surface area contributed by atoms with Crippen LogP contribution in [0.1, 0.15) is 18.7 Å². The number of aromatic nitrogens is 4. The summed E-state index contributed by atoms with van der Waals surface area (Å²) in [5, 5.41) is 3.30. The topological polar surface area (TPSA) is 75.7 Å². The molecule has 0 aliphatic carbocycles. The van der Waals surface area contributed by atoms with Crippen LogP contribution in [0.2, 0.25) is 0 Å². The first-order chi connectivity index (χ1) is 8.33. The fraction of sp³-hybridized carbons (Fsp3) is 0.545. The summed E-state index contributed by atoms with van der Waals surface area (Å²) in [6.45, 7) is 3.56. The molecule has 1 aliphatic rings. The van der Waals surface area contributed by atoms with Crippen LogP contribution < -0.4 is 5.32 Å². The number of H-pyrrole nitrogens is 1. The van der Waals surface area contributed by atoms with Crippen molar-refractivity contribution in [2.75, 3.05) is 18.5 Å². The Morgan fingerprint density at radius 3 is 3.29 bits per heavy atom. The molecule has 0 amide bonds. The van der Waals surface area contributed by atoms with Gasteiger partial charge in [0.1, 0.15) is 17.7 Å². The highest BCUT2D eigenvalue weighted by atomic mass is 16.5. The summed E-state index contributed by atoms with van der Waals surface area (Å²) >= 11 is 0. The predicted octanol–water partition coefficient (Wildman–Crippen LogP) is 1.25. The Hall–Kier alpha value is -1.69. The van der Waals surface area contributed by atoms with E-state index in [1.54, 1.807) is 0 Å². The number of ether oxygens (including phenoxy) is 1. The molecule has 3 heterocycles. The molecule has 2 N–H and O–H groups in total. The monoisotopic (exact) mass is 233 g/mol. The van der Waals surface area contributed by atoms with Crippen LogP contribution in [0.25, 0.3) is 11.2 Å². The lowest BCUT2D eigenvalue weighted by Gasteiger charge is -2.11. The molecule has 0 aromatic carbocycles. The largest absolute Gasteiger partial charge is 0.376 e. The quantitative estimate of drug-likeness (QED) is 0.834. The highest BCUT2D eigenvalue weighted by Crippen LogP contribution is 2.18. The Balaban J connectivity index is 1.79. The lowest BCUT2D eigenvalue weighted by Crippen LogP contribution is -2.19. The van der Waals surface area contributed by atoms with Crippen LogP contribution in [-0.2, 0) is 4.74 Å². The number of aromatic amines is 1. The number of aryl methyl sites for hydroxylation is 1. The summed E-state index contributed by atoms with van der Waals surface area (Å²) in [4.78, 5) is 15.8. The summed E-state index contributed by atoms with van der Waals surface area (Å²) in [7, 11) is 0. The highest BCUT2D eigenvalue weighted by Gasteiger charge is 2.16. The van der Waals surface area contributed by atoms with Crippen molar-refractivity contribution >= 4 is 17.0 Å². The fourth-order valence-electron chi connectivity index (χ4n) is 2.09. The molecule has 1 fully saturated rings. The van der Waals surface area contributed by atoms with Gasteiger partial charge in [0.25, 0.3) is 0 Å². The molecule has 0 bridgehead atoms. The minimum atomic E-state index is 0.295. The molecule has 2 aromatic rings. The van der Waals surface area contributed by atoms with Crippen molar-refractivity contribution < 1.29 is 4.74 Å². The van der Waals surface area contributed by atoms with Crippen molar-refractivity contribution in [1.29, 1.82) is 0 Å². The maximum Gasteiger partial charge on any atom is 0.183 e. The molecular weight excluding hydrogens is 218 g/mol. The first kappa shape index (κ1) is 10.5. The van der Waals surface area contributed by atoms with E-state index in [4.69, 9.17) is 4.74 Å². The molecule has 6 heteroatoms. The van der Waals surface area contributed by atoms with E-state index >= 15 is 0 Å². The second-order valence-electron chi connectivity index (χ2n) is 4.26. The zero-order valence-corrected chi connectivity index (χ0v) is 9.73. The summed E-state index contributed by atoms with van der Waals surface area (Å²) in [6, 6.07) is 0. The maximum absolute atomic E-state index is 5.56. The van der Waals surface area contributed by atoms with Crippen LogP contribution in [0.3, 0.4) is 0 Å². The van der Waals surface area contributed by atoms with Gasteiger partial charge in [0, 0.05) is 13.2 Å². The number of hydrogen-bond acceptors (Lipinski definition) is 5. The second kappa shape index (κ2) is 4.29. The number of nitrogens with zero attached hydrogens (tertiary/aromatic N) is 3. The number of fused-ring (bicyclic) bond motifs is 1. The zero-order valence-electron chi connectivity index (χ0n) is 9.73. The minimum Gasteiger partial charge on any atom is -0.376 e. The highest BCUT2D eigenvalue weighted by molar-refractivity contribution is 5.82. The van der Waals surface area contributed by atoms with Gasteiger partial charge in [0.2, 0.25) is 0 Å². The molecule has 0 unspecified atom stereocenters. The Labute approximate surface area is 98.8 Å². The van der Waals surface area contributed by atoms with Crippen LogP contribution in [0, 0.1) is 6.92 Å². The van der Waals surface area contributed by atoms with Crippen molar-refractivity contribution in [3.05, 3.63) is 12.2 Å². The van der Waals surface area contributed by atoms with Gasteiger partial charge in [-0.2, -0.15) is 0 Å². The van der Waals surface area contributed by atoms with E-state index in [0.29, 0.717) is 11.8 Å². The average Bonchev–Trinajstić information content (AvgIpc) is 2.93. The molecule has 1 saturated heterocycles. The van der Waals surface area contributed by atoms with Gasteiger partial charge in [0.05, 0.1) is 6.10 Å². The molecule has 17 heavy (non-hydrogen) atoms. The summed E-state index contributed by atoms with van der Waals surface area (Å²) < 4.78 is 5.56. The van der Waals surface area contributed by atoms with E-state index < -0.39 is 0 Å². The van der Waals surface area contributed by atoms with Gasteiger partial charge in [-0.15, -0.1) is 0 Å². The van der Waals surface area contributed by atoms with E-state index in [2.05, 4.69) is 25.3 Å². The third kappa shape index (κ3) is 2.08. The van der Waals surface area contributed by atoms with E-state index in [0.717, 1.165) is 43.2 Å². The molecule has 90 valence electrons. The minimum absolute atomic E-state index is 0.295. The van der Waals surface area contributed by atoms with Gasteiger partial charge >= 0.3 is 0 Å². The van der Waals surface area contributed by atoms with Gasteiger partial charge < -0.3 is 15.0 Å². The summed E-state index contributed by atoms with van der Waals surface area (Å²) in [5.74, 6) is 1.65. The number of rotatable bonds is 3. The van der Waals surface area contributed by atoms with Crippen molar-refractivity contribution in [3.63, 3.8) is 0 Å². The van der Waals surface area contributed by atoms with Crippen LogP contribution in [0.15, 0.2) is 6.33 Å². The van der Waals surface area contributed by atoms with Crippen molar-refractivity contribution in [1.82, 2.24) is 19.9 Å². The SMILES string of the molecule is Cc1nc2ncnc(NC[C@@H]3CCCO3)c2[nH]1. The standard InChI is InChI=1S/C11H15N5O/c1-7-15-9-10(13-6-14-11(9)16-7)12-5-8-3-2-4-17-8/h6,8H,2-5H2,1H3,(H2,12,13,14,15,16)/t8-/m0/s1. The molecule has 0 spiro atoms. The third-order valence-corrected chi connectivity index (χ3v) is 2.93. The van der Waals surface area contributed by atoms with Crippen molar-refractivity contribution in [2.24, 2.45) is 0 Å². The summed E-state index contributed by atoms with van der Waals surface area (Å²) in [5.41, 5.74) is 1.57. The van der Waals surface area contributed by atoms with Crippen LogP contribution in [0.5, 0.6) is 0 Å². The van der Waals surface area contributed by atoms with Gasteiger partial charge in [-0.05, 0) is 19.8 Å². The number of nitrogens with one attached hydrogen (secondary N) is 2.